The average Bonchev–Trinajstić information content (AvgIpc) is 3.54. The van der Waals surface area contributed by atoms with Crippen molar-refractivity contribution in [3.63, 3.8) is 0 Å². The summed E-state index contributed by atoms with van der Waals surface area (Å²) >= 11 is 12.3. The SMILES string of the molecule is CC[C@](O)(c1cc(F)c2c(c1)C(=O)N(Cc1ncc(Cl)cn1)[C@@]2(O[C@H]1CCC(=O)C1)c1ccc(Cl)cc1)C1(F)CCN(C)CC1. The van der Waals surface area contributed by atoms with Gasteiger partial charge in [0.1, 0.15) is 28.7 Å². The van der Waals surface area contributed by atoms with E-state index < -0.39 is 34.8 Å². The van der Waals surface area contributed by atoms with Crippen molar-refractivity contribution in [2.24, 2.45) is 0 Å². The molecule has 12 heteroatoms. The number of hydrogen-bond donors (Lipinski definition) is 1. The maximum absolute atomic E-state index is 16.9. The molecule has 1 amide bonds. The maximum atomic E-state index is 16.9. The number of hydrogen-bond acceptors (Lipinski definition) is 7. The Hall–Kier alpha value is -3.02. The molecule has 238 valence electrons. The van der Waals surface area contributed by atoms with Gasteiger partial charge < -0.3 is 14.7 Å². The summed E-state index contributed by atoms with van der Waals surface area (Å²) in [6.07, 6.45) is 2.99. The summed E-state index contributed by atoms with van der Waals surface area (Å²) in [5, 5.41) is 12.7. The van der Waals surface area contributed by atoms with Crippen LogP contribution in [-0.2, 0) is 27.4 Å². The van der Waals surface area contributed by atoms with E-state index in [0.29, 0.717) is 41.5 Å². The lowest BCUT2D eigenvalue weighted by atomic mass is 9.71. The first kappa shape index (κ1) is 31.9. The van der Waals surface area contributed by atoms with Gasteiger partial charge in [-0.2, -0.15) is 0 Å². The number of benzene rings is 2. The lowest BCUT2D eigenvalue weighted by Gasteiger charge is -2.46. The third-order valence-corrected chi connectivity index (χ3v) is 9.99. The third-order valence-electron chi connectivity index (χ3n) is 9.54. The molecule has 2 fully saturated rings. The minimum absolute atomic E-state index is 0.00131. The molecule has 6 rings (SSSR count). The van der Waals surface area contributed by atoms with Crippen molar-refractivity contribution < 1.29 is 28.2 Å². The Bertz CT molecular complexity index is 1620. The summed E-state index contributed by atoms with van der Waals surface area (Å²) in [6.45, 7) is 2.29. The maximum Gasteiger partial charge on any atom is 0.257 e. The topological polar surface area (TPSA) is 95.9 Å². The number of rotatable bonds is 8. The number of carbonyl (C=O) groups excluding carboxylic acids is 2. The fourth-order valence-corrected chi connectivity index (χ4v) is 7.21. The first-order chi connectivity index (χ1) is 21.4. The van der Waals surface area contributed by atoms with E-state index in [2.05, 4.69) is 9.97 Å². The van der Waals surface area contributed by atoms with Crippen LogP contribution < -0.4 is 0 Å². The Balaban J connectivity index is 1.56. The Kier molecular flexibility index (Phi) is 8.50. The van der Waals surface area contributed by atoms with Gasteiger partial charge in [0.25, 0.3) is 5.91 Å². The van der Waals surface area contributed by atoms with Crippen molar-refractivity contribution in [2.75, 3.05) is 20.1 Å². The molecule has 0 spiro atoms. The van der Waals surface area contributed by atoms with Crippen LogP contribution >= 0.6 is 23.2 Å². The van der Waals surface area contributed by atoms with Crippen molar-refractivity contribution in [1.82, 2.24) is 19.8 Å². The Morgan fingerprint density at radius 1 is 1.09 bits per heavy atom. The van der Waals surface area contributed by atoms with Gasteiger partial charge >= 0.3 is 0 Å². The first-order valence-corrected chi connectivity index (χ1v) is 15.8. The van der Waals surface area contributed by atoms with Crippen LogP contribution in [0.25, 0.3) is 0 Å². The molecule has 3 aromatic rings. The van der Waals surface area contributed by atoms with Gasteiger partial charge in [0.05, 0.1) is 28.8 Å². The van der Waals surface area contributed by atoms with Crippen LogP contribution in [0.1, 0.15) is 78.3 Å². The van der Waals surface area contributed by atoms with E-state index in [9.17, 15) is 14.7 Å². The molecule has 3 atom stereocenters. The van der Waals surface area contributed by atoms with Crippen LogP contribution in [0.3, 0.4) is 0 Å². The summed E-state index contributed by atoms with van der Waals surface area (Å²) in [6, 6.07) is 9.00. The van der Waals surface area contributed by atoms with Gasteiger partial charge in [-0.25, -0.2) is 18.7 Å². The lowest BCUT2D eigenvalue weighted by Crippen LogP contribution is -2.54. The molecule has 1 N–H and O–H groups in total. The van der Waals surface area contributed by atoms with Crippen LogP contribution in [0.2, 0.25) is 10.0 Å². The Labute approximate surface area is 270 Å². The van der Waals surface area contributed by atoms with Crippen LogP contribution in [0.15, 0.2) is 48.8 Å². The number of aromatic nitrogens is 2. The molecule has 45 heavy (non-hydrogen) atoms. The Morgan fingerprint density at radius 3 is 2.36 bits per heavy atom. The van der Waals surface area contributed by atoms with Crippen LogP contribution in [0.5, 0.6) is 0 Å². The zero-order chi connectivity index (χ0) is 32.1. The largest absolute Gasteiger partial charge is 0.382 e. The summed E-state index contributed by atoms with van der Waals surface area (Å²) in [4.78, 5) is 38.7. The number of aliphatic hydroxyl groups is 1. The van der Waals surface area contributed by atoms with E-state index in [-0.39, 0.29) is 60.5 Å². The first-order valence-electron chi connectivity index (χ1n) is 15.1. The quantitative estimate of drug-likeness (QED) is 0.320. The smallest absolute Gasteiger partial charge is 0.257 e. The molecule has 3 heterocycles. The van der Waals surface area contributed by atoms with Crippen LogP contribution in [0, 0.1) is 5.82 Å². The van der Waals surface area contributed by atoms with Crippen molar-refractivity contribution in [3.8, 4) is 0 Å². The lowest BCUT2D eigenvalue weighted by molar-refractivity contribution is -0.149. The molecule has 0 radical (unpaired) electrons. The van der Waals surface area contributed by atoms with Crippen molar-refractivity contribution in [3.05, 3.63) is 92.7 Å². The van der Waals surface area contributed by atoms with Gasteiger partial charge in [-0.15, -0.1) is 0 Å². The molecular weight excluding hydrogens is 625 g/mol. The number of piperidine rings is 1. The number of ether oxygens (including phenoxy) is 1. The fourth-order valence-electron chi connectivity index (χ4n) is 6.98. The number of carbonyl (C=O) groups is 2. The molecule has 2 aromatic carbocycles. The molecule has 1 saturated heterocycles. The number of ketones is 1. The van der Waals surface area contributed by atoms with Crippen molar-refractivity contribution in [2.45, 2.75) is 75.1 Å². The molecular formula is C33H34Cl2F2N4O4. The average molecular weight is 660 g/mol. The highest BCUT2D eigenvalue weighted by Gasteiger charge is 2.58. The molecule has 1 aliphatic carbocycles. The standard InChI is InChI=1S/C33H34Cl2F2N4O4/c1-3-32(44,31(37)10-12-40(2)13-11-31)21-14-26-29(27(36)15-21)33(20-4-6-22(34)7-5-20,45-25-9-8-24(42)16-25)41(30(26)43)19-28-38-17-23(35)18-39-28/h4-7,14-15,17-18,25,44H,3,8-13,16,19H2,1-2H3/t25-,32-,33+/m0/s1. The number of fused-ring (bicyclic) bond motifs is 1. The van der Waals surface area contributed by atoms with Crippen molar-refractivity contribution >= 4 is 34.9 Å². The molecule has 0 unspecified atom stereocenters. The summed E-state index contributed by atoms with van der Waals surface area (Å²) < 4.78 is 40.2. The van der Waals surface area contributed by atoms with E-state index in [1.165, 1.54) is 23.4 Å². The Morgan fingerprint density at radius 2 is 1.76 bits per heavy atom. The summed E-state index contributed by atoms with van der Waals surface area (Å²) in [5.74, 6) is -1.26. The van der Waals surface area contributed by atoms with Gasteiger partial charge in [-0.3, -0.25) is 14.5 Å². The summed E-state index contributed by atoms with van der Waals surface area (Å²) in [5.41, 5.74) is -5.76. The monoisotopic (exact) mass is 658 g/mol. The second kappa shape index (κ2) is 12.0. The number of Topliss-reactive ketones (excluding diaryl/α,β-unsaturated/α-hetero) is 1. The second-order valence-corrected chi connectivity index (χ2v) is 13.1. The number of halogens is 4. The minimum Gasteiger partial charge on any atom is -0.382 e. The third kappa shape index (κ3) is 5.44. The highest BCUT2D eigenvalue weighted by atomic mass is 35.5. The highest BCUT2D eigenvalue weighted by molar-refractivity contribution is 6.30. The fraction of sp³-hybridized carbons (Fsp3) is 0.455. The molecule has 0 bridgehead atoms. The van der Waals surface area contributed by atoms with E-state index in [0.717, 1.165) is 6.07 Å². The number of likely N-dealkylation sites (tertiary alicyclic amines) is 1. The molecule has 3 aliphatic rings. The minimum atomic E-state index is -2.06. The number of amides is 1. The van der Waals surface area contributed by atoms with E-state index in [1.54, 1.807) is 31.2 Å². The van der Waals surface area contributed by atoms with Gasteiger partial charge in [0.15, 0.2) is 0 Å². The van der Waals surface area contributed by atoms with Crippen molar-refractivity contribution in [1.29, 1.82) is 0 Å². The molecule has 2 aliphatic heterocycles. The van der Waals surface area contributed by atoms with E-state index in [1.807, 2.05) is 11.9 Å². The molecule has 1 aromatic heterocycles. The molecule has 8 nitrogen and oxygen atoms in total. The number of nitrogens with zero attached hydrogens (tertiary/aromatic N) is 4. The van der Waals surface area contributed by atoms with Gasteiger partial charge in [0, 0.05) is 48.9 Å². The van der Waals surface area contributed by atoms with E-state index in [4.69, 9.17) is 27.9 Å². The molecule has 1 saturated carbocycles. The number of alkyl halides is 1. The summed E-state index contributed by atoms with van der Waals surface area (Å²) in [7, 11) is 1.88. The zero-order valence-corrected chi connectivity index (χ0v) is 26.5. The normalized spacial score (nSPS) is 24.6. The van der Waals surface area contributed by atoms with Crippen LogP contribution in [0.4, 0.5) is 8.78 Å². The predicted octanol–water partition coefficient (Wildman–Crippen LogP) is 5.95. The predicted molar refractivity (Wildman–Crippen MR) is 164 cm³/mol. The van der Waals surface area contributed by atoms with Gasteiger partial charge in [-0.05, 0) is 62.6 Å². The zero-order valence-electron chi connectivity index (χ0n) is 25.0. The van der Waals surface area contributed by atoms with E-state index >= 15 is 8.78 Å². The highest BCUT2D eigenvalue weighted by Crippen LogP contribution is 2.52. The second-order valence-electron chi connectivity index (χ2n) is 12.2. The van der Waals surface area contributed by atoms with Crippen LogP contribution in [-0.4, -0.2) is 68.5 Å². The van der Waals surface area contributed by atoms with Gasteiger partial charge in [-0.1, -0.05) is 42.3 Å². The van der Waals surface area contributed by atoms with Gasteiger partial charge in [0.2, 0.25) is 5.72 Å².